The zero-order valence-corrected chi connectivity index (χ0v) is 17.7. The lowest BCUT2D eigenvalue weighted by atomic mass is 9.97. The monoisotopic (exact) mass is 389 g/mol. The molecule has 1 aromatic rings. The van der Waals surface area contributed by atoms with E-state index in [-0.39, 0.29) is 0 Å². The van der Waals surface area contributed by atoms with E-state index in [9.17, 15) is 5.11 Å². The first-order chi connectivity index (χ1) is 13.6. The van der Waals surface area contributed by atoms with Crippen LogP contribution < -0.4 is 15.4 Å². The van der Waals surface area contributed by atoms with Crippen LogP contribution in [0.2, 0.25) is 0 Å². The number of nitrogens with one attached hydrogen (secondary N) is 2. The summed E-state index contributed by atoms with van der Waals surface area (Å²) in [5.74, 6) is 2.60. The van der Waals surface area contributed by atoms with Gasteiger partial charge in [-0.25, -0.2) is 0 Å². The first-order valence-electron chi connectivity index (χ1n) is 11.1. The maximum Gasteiger partial charge on any atom is 0.119 e. The number of ether oxygens (including phenoxy) is 1. The second kappa shape index (κ2) is 11.1. The van der Waals surface area contributed by atoms with Gasteiger partial charge in [-0.3, -0.25) is 0 Å². The van der Waals surface area contributed by atoms with Gasteiger partial charge in [-0.2, -0.15) is 0 Å². The van der Waals surface area contributed by atoms with Gasteiger partial charge < -0.3 is 25.4 Å². The van der Waals surface area contributed by atoms with Crippen molar-refractivity contribution in [3.63, 3.8) is 0 Å². The second-order valence-corrected chi connectivity index (χ2v) is 9.01. The smallest absolute Gasteiger partial charge is 0.119 e. The Labute approximate surface area is 170 Å². The Kier molecular flexibility index (Phi) is 8.59. The van der Waals surface area contributed by atoms with Gasteiger partial charge >= 0.3 is 0 Å². The van der Waals surface area contributed by atoms with E-state index < -0.39 is 6.10 Å². The van der Waals surface area contributed by atoms with E-state index in [0.29, 0.717) is 19.2 Å². The molecule has 2 unspecified atom stereocenters. The Balaban J connectivity index is 1.30. The minimum atomic E-state index is -0.487. The molecule has 0 aromatic heterocycles. The number of hydrogen-bond donors (Lipinski definition) is 3. The molecule has 158 valence electrons. The van der Waals surface area contributed by atoms with Crippen molar-refractivity contribution in [3.05, 3.63) is 29.8 Å². The Morgan fingerprint density at radius 3 is 2.64 bits per heavy atom. The van der Waals surface area contributed by atoms with Crippen LogP contribution in [0.15, 0.2) is 24.3 Å². The van der Waals surface area contributed by atoms with Crippen LogP contribution >= 0.6 is 0 Å². The first-order valence-corrected chi connectivity index (χ1v) is 11.1. The molecule has 3 N–H and O–H groups in total. The summed E-state index contributed by atoms with van der Waals surface area (Å²) < 4.78 is 5.69. The summed E-state index contributed by atoms with van der Waals surface area (Å²) in [6.45, 7) is 10.9. The maximum atomic E-state index is 9.92. The average molecular weight is 390 g/mol. The zero-order chi connectivity index (χ0) is 19.8. The van der Waals surface area contributed by atoms with Crippen molar-refractivity contribution >= 4 is 0 Å². The number of benzene rings is 1. The standard InChI is InChI=1S/C23H39N3O2/c1-18(2)25-14-22(27)17-28-23-9-7-19(8-10-23)12-24-13-21-4-3-11-26(16-21)15-20-5-6-20/h7-10,18,20-22,24-25,27H,3-6,11-17H2,1-2H3. The summed E-state index contributed by atoms with van der Waals surface area (Å²) >= 11 is 0. The van der Waals surface area contributed by atoms with Crippen LogP contribution in [0.3, 0.4) is 0 Å². The number of hydrogen-bond acceptors (Lipinski definition) is 5. The third-order valence-corrected chi connectivity index (χ3v) is 5.71. The average Bonchev–Trinajstić information content (AvgIpc) is 3.50. The van der Waals surface area contributed by atoms with Crippen LogP contribution in [-0.4, -0.2) is 61.5 Å². The van der Waals surface area contributed by atoms with Crippen molar-refractivity contribution in [1.82, 2.24) is 15.5 Å². The van der Waals surface area contributed by atoms with Gasteiger partial charge in [0.25, 0.3) is 0 Å². The van der Waals surface area contributed by atoms with Crippen LogP contribution in [0.5, 0.6) is 5.75 Å². The lowest BCUT2D eigenvalue weighted by molar-refractivity contribution is 0.104. The van der Waals surface area contributed by atoms with E-state index in [1.807, 2.05) is 12.1 Å². The summed E-state index contributed by atoms with van der Waals surface area (Å²) in [6.07, 6.45) is 5.12. The lowest BCUT2D eigenvalue weighted by Gasteiger charge is -2.33. The third-order valence-electron chi connectivity index (χ3n) is 5.71. The van der Waals surface area contributed by atoms with Gasteiger partial charge in [-0.15, -0.1) is 0 Å². The minimum absolute atomic E-state index is 0.316. The van der Waals surface area contributed by atoms with Crippen molar-refractivity contribution in [2.75, 3.05) is 39.3 Å². The van der Waals surface area contributed by atoms with Crippen LogP contribution in [0, 0.1) is 11.8 Å². The van der Waals surface area contributed by atoms with Crippen LogP contribution in [0.4, 0.5) is 0 Å². The molecule has 5 nitrogen and oxygen atoms in total. The Hall–Kier alpha value is -1.14. The number of aliphatic hydroxyl groups is 1. The molecule has 1 heterocycles. The number of nitrogens with zero attached hydrogens (tertiary/aromatic N) is 1. The SMILES string of the molecule is CC(C)NCC(O)COc1ccc(CNCC2CCCN(CC3CC3)C2)cc1. The Morgan fingerprint density at radius 2 is 1.93 bits per heavy atom. The van der Waals surface area contributed by atoms with Crippen LogP contribution in [0.1, 0.15) is 45.1 Å². The molecule has 2 fully saturated rings. The van der Waals surface area contributed by atoms with Gasteiger partial charge in [0.2, 0.25) is 0 Å². The van der Waals surface area contributed by atoms with Gasteiger partial charge in [-0.05, 0) is 68.3 Å². The van der Waals surface area contributed by atoms with Crippen molar-refractivity contribution in [2.45, 2.75) is 58.2 Å². The molecule has 0 radical (unpaired) electrons. The highest BCUT2D eigenvalue weighted by Crippen LogP contribution is 2.31. The molecule has 5 heteroatoms. The molecule has 2 aliphatic rings. The summed E-state index contributed by atoms with van der Waals surface area (Å²) in [5, 5.41) is 16.8. The quantitative estimate of drug-likeness (QED) is 0.513. The summed E-state index contributed by atoms with van der Waals surface area (Å²) in [6, 6.07) is 8.59. The van der Waals surface area contributed by atoms with Gasteiger partial charge in [0.1, 0.15) is 18.5 Å². The summed E-state index contributed by atoms with van der Waals surface area (Å²) in [4.78, 5) is 2.69. The molecule has 0 amide bonds. The molecule has 1 saturated heterocycles. The highest BCUT2D eigenvalue weighted by Gasteiger charge is 2.27. The van der Waals surface area contributed by atoms with Crippen molar-refractivity contribution < 1.29 is 9.84 Å². The number of piperidine rings is 1. The fourth-order valence-corrected chi connectivity index (χ4v) is 3.90. The highest BCUT2D eigenvalue weighted by atomic mass is 16.5. The number of rotatable bonds is 12. The molecule has 0 bridgehead atoms. The first kappa shape index (κ1) is 21.6. The van der Waals surface area contributed by atoms with Gasteiger partial charge in [0.05, 0.1) is 0 Å². The predicted molar refractivity (Wildman–Crippen MR) is 115 cm³/mol. The van der Waals surface area contributed by atoms with E-state index >= 15 is 0 Å². The van der Waals surface area contributed by atoms with Crippen LogP contribution in [-0.2, 0) is 6.54 Å². The summed E-state index contributed by atoms with van der Waals surface area (Å²) in [7, 11) is 0. The van der Waals surface area contributed by atoms with Gasteiger partial charge in [0.15, 0.2) is 0 Å². The third kappa shape index (κ3) is 8.08. The molecule has 28 heavy (non-hydrogen) atoms. The summed E-state index contributed by atoms with van der Waals surface area (Å²) in [5.41, 5.74) is 1.28. The van der Waals surface area contributed by atoms with E-state index in [0.717, 1.165) is 30.7 Å². The van der Waals surface area contributed by atoms with E-state index in [1.54, 1.807) is 0 Å². The zero-order valence-electron chi connectivity index (χ0n) is 17.7. The van der Waals surface area contributed by atoms with Gasteiger partial charge in [-0.1, -0.05) is 26.0 Å². The second-order valence-electron chi connectivity index (χ2n) is 9.01. The molecule has 2 atom stereocenters. The molecule has 3 rings (SSSR count). The van der Waals surface area contributed by atoms with Crippen LogP contribution in [0.25, 0.3) is 0 Å². The van der Waals surface area contributed by atoms with Gasteiger partial charge in [0, 0.05) is 32.2 Å². The molecular weight excluding hydrogens is 350 g/mol. The van der Waals surface area contributed by atoms with Crippen molar-refractivity contribution in [3.8, 4) is 5.75 Å². The number of aliphatic hydroxyl groups excluding tert-OH is 1. The topological polar surface area (TPSA) is 56.8 Å². The van der Waals surface area contributed by atoms with E-state index in [2.05, 4.69) is 41.5 Å². The molecule has 1 aliphatic carbocycles. The molecular formula is C23H39N3O2. The molecule has 0 spiro atoms. The molecule has 1 saturated carbocycles. The minimum Gasteiger partial charge on any atom is -0.491 e. The number of likely N-dealkylation sites (tertiary alicyclic amines) is 1. The lowest BCUT2D eigenvalue weighted by Crippen LogP contribution is -2.40. The van der Waals surface area contributed by atoms with Crippen molar-refractivity contribution in [1.29, 1.82) is 0 Å². The maximum absolute atomic E-state index is 9.92. The predicted octanol–water partition coefficient (Wildman–Crippen LogP) is 2.64. The highest BCUT2D eigenvalue weighted by molar-refractivity contribution is 5.27. The van der Waals surface area contributed by atoms with E-state index in [4.69, 9.17) is 4.74 Å². The molecule has 1 aromatic carbocycles. The van der Waals surface area contributed by atoms with E-state index in [1.165, 1.54) is 50.9 Å². The Bertz CT molecular complexity index is 559. The normalized spacial score (nSPS) is 21.8. The largest absolute Gasteiger partial charge is 0.491 e. The fourth-order valence-electron chi connectivity index (χ4n) is 3.90. The Morgan fingerprint density at radius 1 is 1.14 bits per heavy atom. The van der Waals surface area contributed by atoms with Crippen molar-refractivity contribution in [2.24, 2.45) is 11.8 Å². The molecule has 1 aliphatic heterocycles. The fraction of sp³-hybridized carbons (Fsp3) is 0.739.